The summed E-state index contributed by atoms with van der Waals surface area (Å²) in [6.45, 7) is 5.84. The molecule has 0 radical (unpaired) electrons. The first-order valence-corrected chi connectivity index (χ1v) is 9.51. The number of carbonyl (C=O) groups is 2. The van der Waals surface area contributed by atoms with Gasteiger partial charge in [-0.2, -0.15) is 0 Å². The molecule has 6 nitrogen and oxygen atoms in total. The van der Waals surface area contributed by atoms with Crippen molar-refractivity contribution in [3.8, 4) is 0 Å². The second kappa shape index (κ2) is 7.23. The second-order valence-corrected chi connectivity index (χ2v) is 8.69. The van der Waals surface area contributed by atoms with Crippen molar-refractivity contribution in [3.63, 3.8) is 0 Å². The van der Waals surface area contributed by atoms with Gasteiger partial charge in [-0.25, -0.2) is 9.78 Å². The molecule has 0 bridgehead atoms. The number of benzene rings is 1. The molecule has 140 valence electrons. The summed E-state index contributed by atoms with van der Waals surface area (Å²) >= 11 is 1.56. The van der Waals surface area contributed by atoms with E-state index in [1.54, 1.807) is 11.3 Å². The molecule has 3 rings (SSSR count). The van der Waals surface area contributed by atoms with E-state index >= 15 is 0 Å². The van der Waals surface area contributed by atoms with Gasteiger partial charge in [-0.1, -0.05) is 6.07 Å². The molecule has 0 saturated heterocycles. The molecule has 1 N–H and O–H groups in total. The number of nitrogens with one attached hydrogen (secondary N) is 1. The number of methoxy groups -OCH3 is 1. The largest absolute Gasteiger partial charge is 0.469 e. The molecule has 0 atom stereocenters. The first-order valence-electron chi connectivity index (χ1n) is 8.69. The van der Waals surface area contributed by atoms with Crippen LogP contribution in [-0.4, -0.2) is 29.8 Å². The van der Waals surface area contributed by atoms with Gasteiger partial charge in [-0.15, -0.1) is 11.3 Å². The summed E-state index contributed by atoms with van der Waals surface area (Å²) < 4.78 is 11.1. The van der Waals surface area contributed by atoms with Crippen LogP contribution in [0.15, 0.2) is 18.2 Å². The Bertz CT molecular complexity index is 819. The summed E-state index contributed by atoms with van der Waals surface area (Å²) in [5.74, 6) is 0.306. The fraction of sp³-hybridized carbons (Fsp3) is 0.526. The van der Waals surface area contributed by atoms with Crippen LogP contribution in [0, 0.1) is 5.92 Å². The summed E-state index contributed by atoms with van der Waals surface area (Å²) in [7, 11) is 1.44. The molecule has 1 amide bonds. The Morgan fingerprint density at radius 3 is 2.69 bits per heavy atom. The highest BCUT2D eigenvalue weighted by molar-refractivity contribution is 7.18. The summed E-state index contributed by atoms with van der Waals surface area (Å²) in [5.41, 5.74) is 1.63. The Morgan fingerprint density at radius 1 is 1.31 bits per heavy atom. The zero-order valence-electron chi connectivity index (χ0n) is 15.5. The van der Waals surface area contributed by atoms with Gasteiger partial charge >= 0.3 is 12.1 Å². The molecule has 1 aliphatic carbocycles. The van der Waals surface area contributed by atoms with Crippen molar-refractivity contribution in [2.45, 2.75) is 51.7 Å². The summed E-state index contributed by atoms with van der Waals surface area (Å²) in [5, 5.41) is 3.57. The van der Waals surface area contributed by atoms with Crippen molar-refractivity contribution in [2.24, 2.45) is 5.92 Å². The van der Waals surface area contributed by atoms with E-state index in [1.165, 1.54) is 12.7 Å². The number of rotatable bonds is 4. The summed E-state index contributed by atoms with van der Waals surface area (Å²) in [6, 6.07) is 6.22. The molecule has 1 fully saturated rings. The van der Waals surface area contributed by atoms with Crippen LogP contribution in [0.5, 0.6) is 0 Å². The average molecular weight is 376 g/mol. The average Bonchev–Trinajstić information content (AvgIpc) is 2.92. The fourth-order valence-electron chi connectivity index (χ4n) is 3.03. The Labute approximate surface area is 156 Å². The van der Waals surface area contributed by atoms with Crippen molar-refractivity contribution in [1.29, 1.82) is 0 Å². The second-order valence-electron chi connectivity index (χ2n) is 7.58. The maximum atomic E-state index is 11.8. The molecule has 1 saturated carbocycles. The number of carbonyl (C=O) groups excluding carboxylic acids is 2. The van der Waals surface area contributed by atoms with Crippen LogP contribution in [0.2, 0.25) is 0 Å². The Hall–Kier alpha value is -2.15. The van der Waals surface area contributed by atoms with Crippen LogP contribution in [0.1, 0.15) is 50.1 Å². The van der Waals surface area contributed by atoms with E-state index in [4.69, 9.17) is 9.47 Å². The van der Waals surface area contributed by atoms with Gasteiger partial charge in [0, 0.05) is 0 Å². The van der Waals surface area contributed by atoms with Gasteiger partial charge in [0.2, 0.25) is 0 Å². The lowest BCUT2D eigenvalue weighted by atomic mass is 9.71. The van der Waals surface area contributed by atoms with Gasteiger partial charge in [0.25, 0.3) is 0 Å². The van der Waals surface area contributed by atoms with Crippen LogP contribution in [0.4, 0.5) is 4.79 Å². The summed E-state index contributed by atoms with van der Waals surface area (Å²) in [6.07, 6.45) is 1.23. The number of aromatic nitrogens is 1. The topological polar surface area (TPSA) is 77.5 Å². The highest BCUT2D eigenvalue weighted by atomic mass is 32.1. The molecule has 0 spiro atoms. The number of fused-ring (bicyclic) bond motifs is 1. The number of ether oxygens (including phenoxy) is 2. The van der Waals surface area contributed by atoms with Gasteiger partial charge in [0.1, 0.15) is 10.6 Å². The van der Waals surface area contributed by atoms with Gasteiger partial charge < -0.3 is 14.8 Å². The molecule has 7 heteroatoms. The third kappa shape index (κ3) is 4.33. The third-order valence-electron chi connectivity index (χ3n) is 4.38. The third-order valence-corrected chi connectivity index (χ3v) is 5.40. The number of amides is 1. The molecule has 1 aromatic carbocycles. The van der Waals surface area contributed by atoms with Crippen LogP contribution < -0.4 is 5.32 Å². The maximum Gasteiger partial charge on any atom is 0.408 e. The quantitative estimate of drug-likeness (QED) is 0.817. The minimum absolute atomic E-state index is 0.0238. The van der Waals surface area contributed by atoms with Gasteiger partial charge in [0.15, 0.2) is 0 Å². The lowest BCUT2D eigenvalue weighted by Gasteiger charge is -2.33. The lowest BCUT2D eigenvalue weighted by Crippen LogP contribution is -2.32. The molecule has 1 aromatic heterocycles. The molecular formula is C19H24N2O4S. The van der Waals surface area contributed by atoms with Crippen LogP contribution >= 0.6 is 11.3 Å². The smallest absolute Gasteiger partial charge is 0.408 e. The summed E-state index contributed by atoms with van der Waals surface area (Å²) in [4.78, 5) is 27.8. The molecule has 1 aliphatic rings. The van der Waals surface area contributed by atoms with E-state index < -0.39 is 11.7 Å². The maximum absolute atomic E-state index is 11.8. The van der Waals surface area contributed by atoms with E-state index in [-0.39, 0.29) is 11.9 Å². The molecule has 1 heterocycles. The lowest BCUT2D eigenvalue weighted by molar-refractivity contribution is -0.148. The minimum Gasteiger partial charge on any atom is -0.469 e. The predicted molar refractivity (Wildman–Crippen MR) is 100 cm³/mol. The van der Waals surface area contributed by atoms with Crippen molar-refractivity contribution >= 4 is 33.6 Å². The number of esters is 1. The van der Waals surface area contributed by atoms with Gasteiger partial charge in [-0.05, 0) is 57.2 Å². The highest BCUT2D eigenvalue weighted by Gasteiger charge is 2.36. The molecular weight excluding hydrogens is 352 g/mol. The molecule has 0 aliphatic heterocycles. The Kier molecular flexibility index (Phi) is 5.18. The Morgan fingerprint density at radius 2 is 2.04 bits per heavy atom. The van der Waals surface area contributed by atoms with Crippen LogP contribution in [0.3, 0.4) is 0 Å². The van der Waals surface area contributed by atoms with Gasteiger partial charge in [-0.3, -0.25) is 4.79 Å². The van der Waals surface area contributed by atoms with Crippen LogP contribution in [-0.2, 0) is 20.8 Å². The van der Waals surface area contributed by atoms with E-state index in [9.17, 15) is 9.59 Å². The number of hydrogen-bond acceptors (Lipinski definition) is 6. The molecule has 26 heavy (non-hydrogen) atoms. The van der Waals surface area contributed by atoms with Crippen molar-refractivity contribution in [2.75, 3.05) is 7.11 Å². The monoisotopic (exact) mass is 376 g/mol. The van der Waals surface area contributed by atoms with Crippen molar-refractivity contribution < 1.29 is 19.1 Å². The van der Waals surface area contributed by atoms with Gasteiger partial charge in [0.05, 0.1) is 29.8 Å². The number of alkyl carbamates (subject to hydrolysis) is 1. The van der Waals surface area contributed by atoms with Crippen molar-refractivity contribution in [1.82, 2.24) is 10.3 Å². The van der Waals surface area contributed by atoms with Crippen LogP contribution in [0.25, 0.3) is 10.2 Å². The zero-order chi connectivity index (χ0) is 18.9. The normalized spacial score (nSPS) is 19.7. The first kappa shape index (κ1) is 18.6. The molecule has 0 unspecified atom stereocenters. The molecule has 2 aromatic rings. The number of nitrogens with zero attached hydrogens (tertiary/aromatic N) is 1. The first-order chi connectivity index (χ1) is 12.2. The minimum atomic E-state index is -0.516. The fourth-order valence-corrected chi connectivity index (χ4v) is 3.99. The number of thiazole rings is 1. The predicted octanol–water partition coefficient (Wildman–Crippen LogP) is 3.99. The van der Waals surface area contributed by atoms with E-state index in [0.29, 0.717) is 12.5 Å². The number of hydrogen-bond donors (Lipinski definition) is 1. The standard InChI is InChI=1S/C19H24N2O4S/c1-19(2,3)25-18(23)20-10-16-21-14-6-5-11(9-15(14)26-16)12-7-13(8-12)17(22)24-4/h5-6,9,12-13H,7-8,10H2,1-4H3,(H,20,23). The Balaban J connectivity index is 1.61. The zero-order valence-corrected chi connectivity index (χ0v) is 16.3. The highest BCUT2D eigenvalue weighted by Crippen LogP contribution is 2.43. The van der Waals surface area contributed by atoms with Crippen molar-refractivity contribution in [3.05, 3.63) is 28.8 Å². The van der Waals surface area contributed by atoms with E-state index in [0.717, 1.165) is 28.1 Å². The van der Waals surface area contributed by atoms with E-state index in [1.807, 2.05) is 26.8 Å². The van der Waals surface area contributed by atoms with E-state index in [2.05, 4.69) is 22.4 Å². The SMILES string of the molecule is COC(=O)C1CC(c2ccc3nc(CNC(=O)OC(C)(C)C)sc3c2)C1.